The summed E-state index contributed by atoms with van der Waals surface area (Å²) in [5.41, 5.74) is 0. The maximum atomic E-state index is 4.16. The molecular formula is C10H17N3S. The van der Waals surface area contributed by atoms with Gasteiger partial charge in [0.15, 0.2) is 5.16 Å². The van der Waals surface area contributed by atoms with Gasteiger partial charge in [0.05, 0.1) is 0 Å². The third-order valence-electron chi connectivity index (χ3n) is 2.08. The Hall–Kier alpha value is -0.610. The van der Waals surface area contributed by atoms with Crippen LogP contribution < -0.4 is 0 Å². The fourth-order valence-electron chi connectivity index (χ4n) is 1.17. The summed E-state index contributed by atoms with van der Waals surface area (Å²) in [5.74, 6) is 1.06. The molecule has 14 heavy (non-hydrogen) atoms. The highest BCUT2D eigenvalue weighted by Crippen LogP contribution is 2.10. The molecule has 0 atom stereocenters. The van der Waals surface area contributed by atoms with Gasteiger partial charge in [0, 0.05) is 24.7 Å². The van der Waals surface area contributed by atoms with Gasteiger partial charge in [-0.15, -0.1) is 0 Å². The van der Waals surface area contributed by atoms with Crippen LogP contribution in [-0.4, -0.2) is 40.3 Å². The highest BCUT2D eigenvalue weighted by Gasteiger charge is 2.00. The SMILES string of the molecule is CCN(CC)CCSc1ncccn1. The van der Waals surface area contributed by atoms with Crippen LogP contribution in [0.1, 0.15) is 13.8 Å². The molecular weight excluding hydrogens is 194 g/mol. The van der Waals surface area contributed by atoms with Crippen molar-refractivity contribution in [1.29, 1.82) is 0 Å². The predicted octanol–water partition coefficient (Wildman–Crippen LogP) is 1.91. The van der Waals surface area contributed by atoms with Crippen LogP contribution in [0, 0.1) is 0 Å². The zero-order chi connectivity index (χ0) is 10.2. The molecule has 0 spiro atoms. The minimum Gasteiger partial charge on any atom is -0.303 e. The first-order chi connectivity index (χ1) is 6.86. The van der Waals surface area contributed by atoms with E-state index >= 15 is 0 Å². The summed E-state index contributed by atoms with van der Waals surface area (Å²) in [5, 5.41) is 0.875. The first kappa shape index (κ1) is 11.5. The van der Waals surface area contributed by atoms with Crippen molar-refractivity contribution in [2.24, 2.45) is 0 Å². The Bertz CT molecular complexity index is 236. The minimum atomic E-state index is 0.875. The molecule has 3 nitrogen and oxygen atoms in total. The largest absolute Gasteiger partial charge is 0.303 e. The number of thioether (sulfide) groups is 1. The first-order valence-corrected chi connectivity index (χ1v) is 5.97. The van der Waals surface area contributed by atoms with Gasteiger partial charge >= 0.3 is 0 Å². The van der Waals surface area contributed by atoms with E-state index in [4.69, 9.17) is 0 Å². The number of nitrogens with zero attached hydrogens (tertiary/aromatic N) is 3. The van der Waals surface area contributed by atoms with Crippen molar-refractivity contribution >= 4 is 11.8 Å². The Morgan fingerprint density at radius 2 is 1.86 bits per heavy atom. The van der Waals surface area contributed by atoms with Gasteiger partial charge in [-0.3, -0.25) is 0 Å². The number of aromatic nitrogens is 2. The number of hydrogen-bond acceptors (Lipinski definition) is 4. The third-order valence-corrected chi connectivity index (χ3v) is 2.93. The lowest BCUT2D eigenvalue weighted by atomic mass is 10.5. The minimum absolute atomic E-state index is 0.875. The first-order valence-electron chi connectivity index (χ1n) is 4.99. The lowest BCUT2D eigenvalue weighted by molar-refractivity contribution is 0.324. The zero-order valence-electron chi connectivity index (χ0n) is 8.81. The highest BCUT2D eigenvalue weighted by atomic mass is 32.2. The standard InChI is InChI=1S/C10H17N3S/c1-3-13(4-2)8-9-14-10-11-6-5-7-12-10/h5-7H,3-4,8-9H2,1-2H3. The van der Waals surface area contributed by atoms with Crippen LogP contribution in [-0.2, 0) is 0 Å². The molecule has 0 unspecified atom stereocenters. The van der Waals surface area contributed by atoms with Crippen molar-refractivity contribution < 1.29 is 0 Å². The fraction of sp³-hybridized carbons (Fsp3) is 0.600. The summed E-state index contributed by atoms with van der Waals surface area (Å²) in [6.45, 7) is 7.72. The van der Waals surface area contributed by atoms with Crippen LogP contribution in [0.2, 0.25) is 0 Å². The van der Waals surface area contributed by atoms with Gasteiger partial charge in [-0.05, 0) is 19.2 Å². The van der Waals surface area contributed by atoms with Gasteiger partial charge in [-0.25, -0.2) is 9.97 Å². The van der Waals surface area contributed by atoms with Gasteiger partial charge in [0.2, 0.25) is 0 Å². The average Bonchev–Trinajstić information content (AvgIpc) is 2.26. The smallest absolute Gasteiger partial charge is 0.187 e. The molecule has 0 aliphatic carbocycles. The van der Waals surface area contributed by atoms with E-state index in [9.17, 15) is 0 Å². The van der Waals surface area contributed by atoms with Crippen LogP contribution in [0.15, 0.2) is 23.6 Å². The van der Waals surface area contributed by atoms with Crippen molar-refractivity contribution in [3.63, 3.8) is 0 Å². The van der Waals surface area contributed by atoms with E-state index in [1.54, 1.807) is 24.2 Å². The number of hydrogen-bond donors (Lipinski definition) is 0. The molecule has 4 heteroatoms. The third kappa shape index (κ3) is 4.07. The van der Waals surface area contributed by atoms with Gasteiger partial charge in [-0.2, -0.15) is 0 Å². The van der Waals surface area contributed by atoms with Crippen LogP contribution in [0.4, 0.5) is 0 Å². The molecule has 1 aromatic heterocycles. The van der Waals surface area contributed by atoms with Crippen molar-refractivity contribution in [2.45, 2.75) is 19.0 Å². The van der Waals surface area contributed by atoms with Gasteiger partial charge in [0.25, 0.3) is 0 Å². The van der Waals surface area contributed by atoms with E-state index < -0.39 is 0 Å². The van der Waals surface area contributed by atoms with Crippen molar-refractivity contribution in [3.8, 4) is 0 Å². The lowest BCUT2D eigenvalue weighted by Crippen LogP contribution is -2.25. The van der Waals surface area contributed by atoms with E-state index in [1.807, 2.05) is 6.07 Å². The zero-order valence-corrected chi connectivity index (χ0v) is 9.63. The lowest BCUT2D eigenvalue weighted by Gasteiger charge is -2.16. The average molecular weight is 211 g/mol. The second kappa shape index (κ2) is 6.79. The summed E-state index contributed by atoms with van der Waals surface area (Å²) in [4.78, 5) is 10.7. The Morgan fingerprint density at radius 1 is 1.21 bits per heavy atom. The normalized spacial score (nSPS) is 10.8. The molecule has 0 saturated carbocycles. The maximum absolute atomic E-state index is 4.16. The molecule has 0 fully saturated rings. The Kier molecular flexibility index (Phi) is 5.56. The summed E-state index contributed by atoms with van der Waals surface area (Å²) < 4.78 is 0. The molecule has 1 rings (SSSR count). The molecule has 78 valence electrons. The molecule has 0 aliphatic rings. The van der Waals surface area contributed by atoms with E-state index in [0.29, 0.717) is 0 Å². The monoisotopic (exact) mass is 211 g/mol. The van der Waals surface area contributed by atoms with Crippen molar-refractivity contribution in [2.75, 3.05) is 25.4 Å². The summed E-state index contributed by atoms with van der Waals surface area (Å²) in [6.07, 6.45) is 3.57. The Labute approximate surface area is 89.9 Å². The van der Waals surface area contributed by atoms with Crippen LogP contribution in [0.3, 0.4) is 0 Å². The molecule has 0 amide bonds. The molecule has 0 saturated heterocycles. The van der Waals surface area contributed by atoms with E-state index in [1.165, 1.54) is 0 Å². The van der Waals surface area contributed by atoms with Crippen LogP contribution in [0.25, 0.3) is 0 Å². The van der Waals surface area contributed by atoms with E-state index in [2.05, 4.69) is 28.7 Å². The molecule has 0 aliphatic heterocycles. The van der Waals surface area contributed by atoms with Gasteiger partial charge in [-0.1, -0.05) is 25.6 Å². The van der Waals surface area contributed by atoms with Crippen molar-refractivity contribution in [1.82, 2.24) is 14.9 Å². The molecule has 0 N–H and O–H groups in total. The summed E-state index contributed by atoms with van der Waals surface area (Å²) in [6, 6.07) is 1.84. The van der Waals surface area contributed by atoms with E-state index in [0.717, 1.165) is 30.5 Å². The topological polar surface area (TPSA) is 29.0 Å². The molecule has 1 aromatic rings. The highest BCUT2D eigenvalue weighted by molar-refractivity contribution is 7.99. The predicted molar refractivity (Wildman–Crippen MR) is 60.5 cm³/mol. The second-order valence-electron chi connectivity index (χ2n) is 2.91. The van der Waals surface area contributed by atoms with Crippen LogP contribution >= 0.6 is 11.8 Å². The Morgan fingerprint density at radius 3 is 2.43 bits per heavy atom. The van der Waals surface area contributed by atoms with Gasteiger partial charge < -0.3 is 4.90 Å². The Balaban J connectivity index is 2.21. The van der Waals surface area contributed by atoms with E-state index in [-0.39, 0.29) is 0 Å². The number of rotatable bonds is 6. The van der Waals surface area contributed by atoms with Gasteiger partial charge in [0.1, 0.15) is 0 Å². The fourth-order valence-corrected chi connectivity index (χ4v) is 1.97. The summed E-state index contributed by atoms with van der Waals surface area (Å²) in [7, 11) is 0. The molecule has 0 aromatic carbocycles. The quantitative estimate of drug-likeness (QED) is 0.531. The van der Waals surface area contributed by atoms with Crippen molar-refractivity contribution in [3.05, 3.63) is 18.5 Å². The maximum Gasteiger partial charge on any atom is 0.187 e. The molecule has 0 bridgehead atoms. The van der Waals surface area contributed by atoms with Crippen LogP contribution in [0.5, 0.6) is 0 Å². The summed E-state index contributed by atoms with van der Waals surface area (Å²) >= 11 is 1.72. The molecule has 0 radical (unpaired) electrons. The second-order valence-corrected chi connectivity index (χ2v) is 3.97. The molecule has 1 heterocycles.